The maximum absolute atomic E-state index is 13.2. The Bertz CT molecular complexity index is 834. The number of hydrogen-bond donors (Lipinski definition) is 1. The molecule has 1 N–H and O–H groups in total. The average molecular weight is 415 g/mol. The Labute approximate surface area is 176 Å². The molecule has 8 heteroatoms. The summed E-state index contributed by atoms with van der Waals surface area (Å²) in [6, 6.07) is 4.71. The van der Waals surface area contributed by atoms with Gasteiger partial charge in [-0.15, -0.1) is 0 Å². The second-order valence-electron chi connectivity index (χ2n) is 8.31. The highest BCUT2D eigenvalue weighted by Gasteiger charge is 2.50. The van der Waals surface area contributed by atoms with Crippen LogP contribution in [0.5, 0.6) is 11.5 Å². The minimum atomic E-state index is -1.25. The van der Waals surface area contributed by atoms with Crippen LogP contribution in [-0.2, 0) is 15.1 Å². The van der Waals surface area contributed by atoms with E-state index in [9.17, 15) is 14.4 Å². The van der Waals surface area contributed by atoms with Gasteiger partial charge >= 0.3 is 6.03 Å². The Morgan fingerprint density at radius 2 is 1.67 bits per heavy atom. The van der Waals surface area contributed by atoms with Crippen molar-refractivity contribution >= 4 is 17.8 Å². The lowest BCUT2D eigenvalue weighted by Gasteiger charge is -2.27. The van der Waals surface area contributed by atoms with Gasteiger partial charge in [0.2, 0.25) is 5.91 Å². The Morgan fingerprint density at radius 1 is 1.00 bits per heavy atom. The summed E-state index contributed by atoms with van der Waals surface area (Å²) in [5, 5.41) is 2.77. The zero-order valence-corrected chi connectivity index (χ0v) is 17.4. The van der Waals surface area contributed by atoms with Crippen LogP contribution in [0.25, 0.3) is 0 Å². The standard InChI is InChI=1S/C22H29N3O5/c1-22(16-8-9-17-18(14-16)30-13-7-12-29-17)20(27)25(21(28)23-22)15-19(26)24-10-5-3-2-4-6-11-24/h8-9,14H,2-7,10-13,15H2,1H3,(H,23,28)/t22-/m0/s1. The van der Waals surface area contributed by atoms with Crippen molar-refractivity contribution in [3.8, 4) is 11.5 Å². The molecule has 0 unspecified atom stereocenters. The van der Waals surface area contributed by atoms with Crippen LogP contribution in [-0.4, -0.2) is 60.5 Å². The molecule has 1 aromatic rings. The molecular weight excluding hydrogens is 386 g/mol. The first-order valence-corrected chi connectivity index (χ1v) is 10.8. The summed E-state index contributed by atoms with van der Waals surface area (Å²) < 4.78 is 11.4. The van der Waals surface area contributed by atoms with Crippen molar-refractivity contribution in [3.63, 3.8) is 0 Å². The summed E-state index contributed by atoms with van der Waals surface area (Å²) >= 11 is 0. The summed E-state index contributed by atoms with van der Waals surface area (Å²) in [4.78, 5) is 41.5. The van der Waals surface area contributed by atoms with Crippen LogP contribution in [0, 0.1) is 0 Å². The predicted molar refractivity (Wildman–Crippen MR) is 109 cm³/mol. The summed E-state index contributed by atoms with van der Waals surface area (Å²) in [6.07, 6.45) is 6.11. The first kappa shape index (κ1) is 20.5. The van der Waals surface area contributed by atoms with Crippen molar-refractivity contribution in [2.45, 2.75) is 51.0 Å². The van der Waals surface area contributed by atoms with Gasteiger partial charge in [0.15, 0.2) is 11.5 Å². The Kier molecular flexibility index (Phi) is 5.83. The number of imide groups is 1. The quantitative estimate of drug-likeness (QED) is 0.766. The van der Waals surface area contributed by atoms with Crippen LogP contribution in [0.3, 0.4) is 0 Å². The number of ether oxygens (including phenoxy) is 2. The molecule has 0 bridgehead atoms. The maximum atomic E-state index is 13.2. The molecule has 1 aromatic carbocycles. The number of urea groups is 1. The van der Waals surface area contributed by atoms with E-state index in [1.54, 1.807) is 30.0 Å². The van der Waals surface area contributed by atoms with Crippen LogP contribution in [0.15, 0.2) is 18.2 Å². The van der Waals surface area contributed by atoms with Crippen molar-refractivity contribution in [3.05, 3.63) is 23.8 Å². The summed E-state index contributed by atoms with van der Waals surface area (Å²) in [5.41, 5.74) is -0.649. The van der Waals surface area contributed by atoms with E-state index in [1.165, 1.54) is 6.42 Å². The van der Waals surface area contributed by atoms with Gasteiger partial charge in [0, 0.05) is 19.5 Å². The first-order chi connectivity index (χ1) is 14.5. The topological polar surface area (TPSA) is 88.2 Å². The fourth-order valence-electron chi connectivity index (χ4n) is 4.24. The third kappa shape index (κ3) is 3.95. The summed E-state index contributed by atoms with van der Waals surface area (Å²) in [6.45, 7) is 3.90. The highest BCUT2D eigenvalue weighted by Crippen LogP contribution is 2.36. The SMILES string of the molecule is C[C@@]1(c2ccc3c(c2)OCCCO3)NC(=O)N(CC(=O)N2CCCCCCC2)C1=O. The van der Waals surface area contributed by atoms with E-state index in [1.807, 2.05) is 0 Å². The molecule has 3 aliphatic heterocycles. The molecule has 0 saturated carbocycles. The van der Waals surface area contributed by atoms with E-state index in [0.717, 1.165) is 37.0 Å². The molecule has 0 radical (unpaired) electrons. The Balaban J connectivity index is 1.50. The molecule has 0 aromatic heterocycles. The smallest absolute Gasteiger partial charge is 0.325 e. The van der Waals surface area contributed by atoms with Gasteiger partial charge in [0.1, 0.15) is 12.1 Å². The predicted octanol–water partition coefficient (Wildman–Crippen LogP) is 2.41. The van der Waals surface area contributed by atoms with Gasteiger partial charge in [-0.1, -0.05) is 25.3 Å². The van der Waals surface area contributed by atoms with Crippen molar-refractivity contribution in [1.82, 2.24) is 15.1 Å². The van der Waals surface area contributed by atoms with E-state index >= 15 is 0 Å². The Hall–Kier alpha value is -2.77. The van der Waals surface area contributed by atoms with Gasteiger partial charge in [-0.2, -0.15) is 0 Å². The molecule has 30 heavy (non-hydrogen) atoms. The molecule has 2 fully saturated rings. The van der Waals surface area contributed by atoms with E-state index < -0.39 is 17.5 Å². The highest BCUT2D eigenvalue weighted by atomic mass is 16.5. The highest BCUT2D eigenvalue weighted by molar-refractivity contribution is 6.09. The summed E-state index contributed by atoms with van der Waals surface area (Å²) in [5.74, 6) is 0.579. The normalized spacial score (nSPS) is 24.7. The van der Waals surface area contributed by atoms with E-state index in [2.05, 4.69) is 5.32 Å². The van der Waals surface area contributed by atoms with Gasteiger partial charge in [0.25, 0.3) is 5.91 Å². The average Bonchev–Trinajstić information content (AvgIpc) is 2.87. The molecule has 3 heterocycles. The van der Waals surface area contributed by atoms with Crippen molar-refractivity contribution in [2.75, 3.05) is 32.8 Å². The number of fused-ring (bicyclic) bond motifs is 1. The fraction of sp³-hybridized carbons (Fsp3) is 0.591. The van der Waals surface area contributed by atoms with Crippen molar-refractivity contribution in [1.29, 1.82) is 0 Å². The minimum Gasteiger partial charge on any atom is -0.490 e. The molecule has 0 spiro atoms. The van der Waals surface area contributed by atoms with Crippen LogP contribution in [0.2, 0.25) is 0 Å². The number of nitrogens with zero attached hydrogens (tertiary/aromatic N) is 2. The second-order valence-corrected chi connectivity index (χ2v) is 8.31. The number of nitrogens with one attached hydrogen (secondary N) is 1. The molecule has 4 amide bonds. The number of carbonyl (C=O) groups is 3. The number of amides is 4. The number of carbonyl (C=O) groups excluding carboxylic acids is 3. The van der Waals surface area contributed by atoms with Crippen LogP contribution in [0.4, 0.5) is 4.79 Å². The lowest BCUT2D eigenvalue weighted by molar-refractivity contribution is -0.139. The van der Waals surface area contributed by atoms with Crippen LogP contribution in [0.1, 0.15) is 51.0 Å². The minimum absolute atomic E-state index is 0.177. The molecule has 0 aliphatic carbocycles. The lowest BCUT2D eigenvalue weighted by Crippen LogP contribution is -2.45. The molecule has 8 nitrogen and oxygen atoms in total. The number of rotatable bonds is 3. The molecule has 3 aliphatic rings. The van der Waals surface area contributed by atoms with Crippen molar-refractivity contribution < 1.29 is 23.9 Å². The van der Waals surface area contributed by atoms with Gasteiger partial charge in [-0.25, -0.2) is 4.79 Å². The molecule has 1 atom stereocenters. The molecule has 4 rings (SSSR count). The van der Waals surface area contributed by atoms with Gasteiger partial charge in [-0.05, 0) is 37.5 Å². The van der Waals surface area contributed by atoms with Crippen LogP contribution >= 0.6 is 0 Å². The number of benzene rings is 1. The second kappa shape index (κ2) is 8.53. The zero-order chi connectivity index (χ0) is 21.1. The van der Waals surface area contributed by atoms with E-state index in [0.29, 0.717) is 43.4 Å². The third-order valence-electron chi connectivity index (χ3n) is 6.10. The third-order valence-corrected chi connectivity index (χ3v) is 6.10. The monoisotopic (exact) mass is 415 g/mol. The lowest BCUT2D eigenvalue weighted by atomic mass is 9.91. The van der Waals surface area contributed by atoms with Gasteiger partial charge in [-0.3, -0.25) is 14.5 Å². The van der Waals surface area contributed by atoms with Gasteiger partial charge in [0.05, 0.1) is 13.2 Å². The first-order valence-electron chi connectivity index (χ1n) is 10.8. The van der Waals surface area contributed by atoms with E-state index in [-0.39, 0.29) is 12.5 Å². The number of hydrogen-bond acceptors (Lipinski definition) is 5. The van der Waals surface area contributed by atoms with E-state index in [4.69, 9.17) is 9.47 Å². The largest absolute Gasteiger partial charge is 0.490 e. The molecule has 162 valence electrons. The summed E-state index contributed by atoms with van der Waals surface area (Å²) in [7, 11) is 0. The maximum Gasteiger partial charge on any atom is 0.325 e. The number of likely N-dealkylation sites (tertiary alicyclic amines) is 1. The molecular formula is C22H29N3O5. The Morgan fingerprint density at radius 3 is 2.40 bits per heavy atom. The van der Waals surface area contributed by atoms with Gasteiger partial charge < -0.3 is 19.7 Å². The molecule has 2 saturated heterocycles. The zero-order valence-electron chi connectivity index (χ0n) is 17.4. The van der Waals surface area contributed by atoms with Crippen LogP contribution < -0.4 is 14.8 Å². The fourth-order valence-corrected chi connectivity index (χ4v) is 4.24. The van der Waals surface area contributed by atoms with Crippen molar-refractivity contribution in [2.24, 2.45) is 0 Å².